The van der Waals surface area contributed by atoms with Crippen molar-refractivity contribution in [2.75, 3.05) is 0 Å². The summed E-state index contributed by atoms with van der Waals surface area (Å²) >= 11 is 0. The van der Waals surface area contributed by atoms with Crippen molar-refractivity contribution >= 4 is 11.9 Å². The lowest BCUT2D eigenvalue weighted by Gasteiger charge is -2.56. The Morgan fingerprint density at radius 1 is 0.929 bits per heavy atom. The van der Waals surface area contributed by atoms with E-state index in [1.807, 2.05) is 0 Å². The Morgan fingerprint density at radius 3 is 2.04 bits per heavy atom. The highest BCUT2D eigenvalue weighted by molar-refractivity contribution is 5.80. The van der Waals surface area contributed by atoms with E-state index in [9.17, 15) is 19.1 Å². The summed E-state index contributed by atoms with van der Waals surface area (Å²) < 4.78 is 14.1. The Bertz CT molecular complexity index is 620. The van der Waals surface area contributed by atoms with Crippen LogP contribution in [0.1, 0.15) is 72.6 Å². The van der Waals surface area contributed by atoms with Gasteiger partial charge in [0.2, 0.25) is 5.91 Å². The third-order valence-corrected chi connectivity index (χ3v) is 8.15. The van der Waals surface area contributed by atoms with Gasteiger partial charge in [-0.05, 0) is 67.6 Å². The minimum absolute atomic E-state index is 0.0378. The first-order chi connectivity index (χ1) is 12.9. The molecule has 3 fully saturated rings. The van der Waals surface area contributed by atoms with Crippen molar-refractivity contribution in [3.8, 4) is 0 Å². The van der Waals surface area contributed by atoms with Gasteiger partial charge in [0, 0.05) is 6.04 Å². The Hall–Kier alpha value is -1.17. The third kappa shape index (κ3) is 4.07. The lowest BCUT2D eigenvalue weighted by atomic mass is 9.49. The van der Waals surface area contributed by atoms with E-state index in [1.165, 1.54) is 0 Å². The van der Waals surface area contributed by atoms with Crippen LogP contribution >= 0.6 is 0 Å². The maximum Gasteiger partial charge on any atom is 0.309 e. The van der Waals surface area contributed by atoms with Crippen LogP contribution in [0.2, 0.25) is 0 Å². The van der Waals surface area contributed by atoms with Gasteiger partial charge in [0.05, 0.1) is 17.9 Å². The van der Waals surface area contributed by atoms with Crippen LogP contribution in [0.15, 0.2) is 0 Å². The molecule has 3 saturated carbocycles. The zero-order valence-corrected chi connectivity index (χ0v) is 17.6. The largest absolute Gasteiger partial charge is 0.481 e. The quantitative estimate of drug-likeness (QED) is 0.680. The number of aliphatic hydroxyl groups is 1. The average Bonchev–Trinajstić information content (AvgIpc) is 2.58. The highest BCUT2D eigenvalue weighted by atomic mass is 19.1. The fraction of sp³-hybridized carbons (Fsp3) is 0.909. The summed E-state index contributed by atoms with van der Waals surface area (Å²) in [7, 11) is 0. The van der Waals surface area contributed by atoms with Gasteiger partial charge in [-0.1, -0.05) is 27.7 Å². The molecule has 0 radical (unpaired) electrons. The Morgan fingerprint density at radius 2 is 1.50 bits per heavy atom. The van der Waals surface area contributed by atoms with Crippen molar-refractivity contribution in [1.82, 2.24) is 5.32 Å². The van der Waals surface area contributed by atoms with Gasteiger partial charge >= 0.3 is 5.97 Å². The van der Waals surface area contributed by atoms with Gasteiger partial charge in [-0.25, -0.2) is 4.39 Å². The van der Waals surface area contributed by atoms with Gasteiger partial charge in [0.1, 0.15) is 6.17 Å². The molecule has 3 aliphatic rings. The number of aliphatic carboxylic acids is 1. The number of aliphatic hydroxyl groups excluding tert-OH is 1. The second-order valence-corrected chi connectivity index (χ2v) is 10.8. The first kappa shape index (κ1) is 21.5. The number of carbonyl (C=O) groups is 2. The molecule has 0 heterocycles. The van der Waals surface area contributed by atoms with Crippen molar-refractivity contribution in [2.24, 2.45) is 34.5 Å². The zero-order chi connectivity index (χ0) is 20.9. The number of hydrogen-bond acceptors (Lipinski definition) is 3. The first-order valence-electron chi connectivity index (χ1n) is 10.8. The molecule has 7 unspecified atom stereocenters. The number of alkyl halides is 1. The van der Waals surface area contributed by atoms with Gasteiger partial charge in [0.25, 0.3) is 0 Å². The number of carbonyl (C=O) groups excluding carboxylic acids is 1. The molecular formula is C22H36FNO4. The average molecular weight is 398 g/mol. The summed E-state index contributed by atoms with van der Waals surface area (Å²) in [5, 5.41) is 22.7. The van der Waals surface area contributed by atoms with Crippen LogP contribution in [0.25, 0.3) is 0 Å². The van der Waals surface area contributed by atoms with E-state index in [-0.39, 0.29) is 35.6 Å². The van der Waals surface area contributed by atoms with Gasteiger partial charge < -0.3 is 15.5 Å². The molecule has 3 aliphatic carbocycles. The molecule has 3 rings (SSSR count). The molecule has 1 amide bonds. The molecule has 0 spiro atoms. The van der Waals surface area contributed by atoms with Crippen LogP contribution < -0.4 is 5.32 Å². The summed E-state index contributed by atoms with van der Waals surface area (Å²) in [5.41, 5.74) is 0.307. The van der Waals surface area contributed by atoms with Gasteiger partial charge in [0.15, 0.2) is 0 Å². The Kier molecular flexibility index (Phi) is 5.83. The van der Waals surface area contributed by atoms with Gasteiger partial charge in [-0.3, -0.25) is 9.59 Å². The number of rotatable bonds is 3. The van der Waals surface area contributed by atoms with Crippen LogP contribution in [-0.2, 0) is 9.59 Å². The van der Waals surface area contributed by atoms with E-state index in [2.05, 4.69) is 33.0 Å². The molecule has 160 valence electrons. The van der Waals surface area contributed by atoms with Gasteiger partial charge in [-0.15, -0.1) is 0 Å². The van der Waals surface area contributed by atoms with Crippen LogP contribution in [-0.4, -0.2) is 40.4 Å². The topological polar surface area (TPSA) is 86.6 Å². The maximum absolute atomic E-state index is 14.1. The van der Waals surface area contributed by atoms with Crippen molar-refractivity contribution in [1.29, 1.82) is 0 Å². The molecule has 0 bridgehead atoms. The molecule has 0 aromatic heterocycles. The molecule has 0 aromatic carbocycles. The van der Waals surface area contributed by atoms with Crippen LogP contribution in [0, 0.1) is 34.5 Å². The second-order valence-electron chi connectivity index (χ2n) is 10.8. The predicted octanol–water partition coefficient (Wildman–Crippen LogP) is 3.54. The Labute approximate surface area is 167 Å². The lowest BCUT2D eigenvalue weighted by Crippen LogP contribution is -2.54. The van der Waals surface area contributed by atoms with E-state index in [0.717, 1.165) is 12.8 Å². The van der Waals surface area contributed by atoms with Crippen molar-refractivity contribution in [3.63, 3.8) is 0 Å². The highest BCUT2D eigenvalue weighted by Gasteiger charge is 2.53. The van der Waals surface area contributed by atoms with Gasteiger partial charge in [-0.2, -0.15) is 0 Å². The summed E-state index contributed by atoms with van der Waals surface area (Å²) in [6, 6.07) is -0.348. The van der Waals surface area contributed by atoms with Crippen LogP contribution in [0.3, 0.4) is 0 Å². The standard InChI is InChI=1S/C22H36FNO4/c1-21(2)7-8-22(3,4)16-11-18(25)14(10-15(16)21)19(26)24-12-5-6-13(20(27)28)17(23)9-12/h12-18,25H,5-11H2,1-4H3,(H,24,26)(H,27,28). The monoisotopic (exact) mass is 397 g/mol. The summed E-state index contributed by atoms with van der Waals surface area (Å²) in [6.07, 6.45) is 2.19. The number of nitrogens with one attached hydrogen (secondary N) is 1. The van der Waals surface area contributed by atoms with Crippen LogP contribution in [0.5, 0.6) is 0 Å². The number of carboxylic acids is 1. The molecule has 6 heteroatoms. The molecule has 3 N–H and O–H groups in total. The summed E-state index contributed by atoms with van der Waals surface area (Å²) in [5.74, 6) is -1.96. The lowest BCUT2D eigenvalue weighted by molar-refractivity contribution is -0.146. The van der Waals surface area contributed by atoms with Crippen molar-refractivity contribution in [3.05, 3.63) is 0 Å². The number of amides is 1. The minimum atomic E-state index is -1.43. The van der Waals surface area contributed by atoms with E-state index in [4.69, 9.17) is 5.11 Å². The number of fused-ring (bicyclic) bond motifs is 1. The fourth-order valence-corrected chi connectivity index (χ4v) is 6.04. The summed E-state index contributed by atoms with van der Waals surface area (Å²) in [4.78, 5) is 24.0. The number of hydrogen-bond donors (Lipinski definition) is 3. The smallest absolute Gasteiger partial charge is 0.309 e. The Balaban J connectivity index is 1.65. The third-order valence-electron chi connectivity index (χ3n) is 8.15. The maximum atomic E-state index is 14.1. The fourth-order valence-electron chi connectivity index (χ4n) is 6.04. The zero-order valence-electron chi connectivity index (χ0n) is 17.6. The summed E-state index contributed by atoms with van der Waals surface area (Å²) in [6.45, 7) is 9.09. The number of halogens is 1. The molecule has 5 nitrogen and oxygen atoms in total. The molecule has 0 saturated heterocycles. The van der Waals surface area contributed by atoms with E-state index in [0.29, 0.717) is 31.1 Å². The predicted molar refractivity (Wildman–Crippen MR) is 104 cm³/mol. The molecule has 0 aromatic rings. The highest BCUT2D eigenvalue weighted by Crippen LogP contribution is 2.58. The van der Waals surface area contributed by atoms with Crippen molar-refractivity contribution < 1.29 is 24.2 Å². The van der Waals surface area contributed by atoms with E-state index < -0.39 is 30.1 Å². The molecular weight excluding hydrogens is 361 g/mol. The normalized spacial score (nSPS) is 42.3. The van der Waals surface area contributed by atoms with Crippen molar-refractivity contribution in [2.45, 2.75) is 91.0 Å². The molecule has 28 heavy (non-hydrogen) atoms. The molecule has 7 atom stereocenters. The van der Waals surface area contributed by atoms with Crippen LogP contribution in [0.4, 0.5) is 4.39 Å². The van der Waals surface area contributed by atoms with E-state index >= 15 is 0 Å². The van der Waals surface area contributed by atoms with E-state index in [1.54, 1.807) is 0 Å². The first-order valence-corrected chi connectivity index (χ1v) is 10.8. The molecule has 0 aliphatic heterocycles. The second kappa shape index (κ2) is 7.58. The SMILES string of the molecule is CC1(C)CCC(C)(C)C2CC(C(=O)NC3CCC(C(=O)O)C(F)C3)C(O)CC21. The minimum Gasteiger partial charge on any atom is -0.481 e. The number of carboxylic acid groups (broad SMARTS) is 1.